The zero-order valence-corrected chi connectivity index (χ0v) is 15.3. The summed E-state index contributed by atoms with van der Waals surface area (Å²) in [6, 6.07) is 11.3. The van der Waals surface area contributed by atoms with Crippen LogP contribution in [-0.4, -0.2) is 23.7 Å². The number of rotatable bonds is 6. The van der Waals surface area contributed by atoms with Crippen molar-refractivity contribution < 1.29 is 18.7 Å². The van der Waals surface area contributed by atoms with E-state index in [1.165, 1.54) is 30.8 Å². The molecule has 0 bridgehead atoms. The lowest BCUT2D eigenvalue weighted by Crippen LogP contribution is -2.30. The van der Waals surface area contributed by atoms with Gasteiger partial charge >= 0.3 is 5.97 Å². The summed E-state index contributed by atoms with van der Waals surface area (Å²) in [6.07, 6.45) is -0.994. The number of carbonyl (C=O) groups is 2. The quantitative estimate of drug-likeness (QED) is 0.593. The molecule has 25 heavy (non-hydrogen) atoms. The van der Waals surface area contributed by atoms with E-state index in [2.05, 4.69) is 5.32 Å². The normalized spacial score (nSPS) is 11.7. The van der Waals surface area contributed by atoms with Gasteiger partial charge in [-0.25, -0.2) is 4.39 Å². The lowest BCUT2D eigenvalue weighted by molar-refractivity contribution is -0.150. The van der Waals surface area contributed by atoms with Gasteiger partial charge in [0.2, 0.25) is 0 Å². The Morgan fingerprint density at radius 2 is 2.00 bits per heavy atom. The average molecular weight is 382 g/mol. The third-order valence-electron chi connectivity index (χ3n) is 3.31. The molecule has 0 spiro atoms. The second kappa shape index (κ2) is 8.87. The smallest absolute Gasteiger partial charge is 0.317 e. The van der Waals surface area contributed by atoms with Gasteiger partial charge in [0, 0.05) is 4.90 Å². The first-order valence-corrected chi connectivity index (χ1v) is 8.87. The number of aryl methyl sites for hydroxylation is 1. The Balaban J connectivity index is 1.85. The molecule has 0 aliphatic rings. The van der Waals surface area contributed by atoms with Gasteiger partial charge in [-0.2, -0.15) is 0 Å². The number of amides is 1. The van der Waals surface area contributed by atoms with E-state index in [0.717, 1.165) is 16.5 Å². The SMILES string of the molecule is Cc1ccccc1SCC(=O)O[C@@H](C)C(=O)Nc1ccc(F)cc1Cl. The first-order chi connectivity index (χ1) is 11.9. The fourth-order valence-corrected chi connectivity index (χ4v) is 2.99. The Bertz CT molecular complexity index is 785. The predicted octanol–water partition coefficient (Wildman–Crippen LogP) is 4.45. The third-order valence-corrected chi connectivity index (χ3v) is 4.77. The van der Waals surface area contributed by atoms with E-state index < -0.39 is 23.8 Å². The molecular formula is C18H17ClFNO3S. The van der Waals surface area contributed by atoms with E-state index >= 15 is 0 Å². The summed E-state index contributed by atoms with van der Waals surface area (Å²) in [7, 11) is 0. The van der Waals surface area contributed by atoms with Gasteiger partial charge < -0.3 is 10.1 Å². The van der Waals surface area contributed by atoms with Crippen molar-refractivity contribution in [2.45, 2.75) is 24.8 Å². The van der Waals surface area contributed by atoms with Crippen LogP contribution in [0.25, 0.3) is 0 Å². The Morgan fingerprint density at radius 3 is 2.68 bits per heavy atom. The van der Waals surface area contributed by atoms with Crippen LogP contribution in [-0.2, 0) is 14.3 Å². The number of hydrogen-bond acceptors (Lipinski definition) is 4. The molecule has 0 saturated heterocycles. The van der Waals surface area contributed by atoms with Crippen molar-refractivity contribution >= 4 is 40.9 Å². The molecule has 0 aliphatic heterocycles. The van der Waals surface area contributed by atoms with Crippen LogP contribution in [0.15, 0.2) is 47.4 Å². The number of carbonyl (C=O) groups excluding carboxylic acids is 2. The Labute approximate surface area is 154 Å². The number of benzene rings is 2. The first-order valence-electron chi connectivity index (χ1n) is 7.50. The van der Waals surface area contributed by atoms with E-state index in [9.17, 15) is 14.0 Å². The molecule has 0 unspecified atom stereocenters. The molecule has 1 atom stereocenters. The standard InChI is InChI=1S/C18H17ClFNO3S/c1-11-5-3-4-6-16(11)25-10-17(22)24-12(2)18(23)21-15-8-7-13(20)9-14(15)19/h3-9,12H,10H2,1-2H3,(H,21,23)/t12-/m0/s1. The van der Waals surface area contributed by atoms with Crippen molar-refractivity contribution in [1.82, 2.24) is 0 Å². The van der Waals surface area contributed by atoms with Gasteiger partial charge in [0.15, 0.2) is 6.10 Å². The lowest BCUT2D eigenvalue weighted by atomic mass is 10.2. The van der Waals surface area contributed by atoms with Crippen molar-refractivity contribution in [3.05, 3.63) is 58.9 Å². The minimum absolute atomic E-state index is 0.0713. The van der Waals surface area contributed by atoms with E-state index in [0.29, 0.717) is 0 Å². The summed E-state index contributed by atoms with van der Waals surface area (Å²) >= 11 is 7.20. The van der Waals surface area contributed by atoms with Gasteiger partial charge in [0.1, 0.15) is 5.82 Å². The van der Waals surface area contributed by atoms with Crippen LogP contribution in [0, 0.1) is 12.7 Å². The molecule has 2 aromatic rings. The van der Waals surface area contributed by atoms with Gasteiger partial charge in [-0.3, -0.25) is 9.59 Å². The molecule has 2 rings (SSSR count). The summed E-state index contributed by atoms with van der Waals surface area (Å²) in [5.41, 5.74) is 1.32. The number of thioether (sulfide) groups is 1. The fourth-order valence-electron chi connectivity index (χ4n) is 1.96. The molecule has 7 heteroatoms. The third kappa shape index (κ3) is 5.76. The summed E-state index contributed by atoms with van der Waals surface area (Å²) in [6.45, 7) is 3.42. The summed E-state index contributed by atoms with van der Waals surface area (Å²) in [4.78, 5) is 25.0. The van der Waals surface area contributed by atoms with Crippen LogP contribution in [0.2, 0.25) is 5.02 Å². The van der Waals surface area contributed by atoms with Gasteiger partial charge in [-0.15, -0.1) is 11.8 Å². The number of halogens is 2. The van der Waals surface area contributed by atoms with Crippen molar-refractivity contribution in [2.24, 2.45) is 0 Å². The molecule has 0 aromatic heterocycles. The highest BCUT2D eigenvalue weighted by Gasteiger charge is 2.19. The number of ether oxygens (including phenoxy) is 1. The number of esters is 1. The molecule has 1 N–H and O–H groups in total. The second-order valence-corrected chi connectivity index (χ2v) is 6.72. The number of nitrogens with one attached hydrogen (secondary N) is 1. The first kappa shape index (κ1) is 19.3. The molecule has 0 fully saturated rings. The van der Waals surface area contributed by atoms with Gasteiger partial charge in [0.25, 0.3) is 5.91 Å². The molecule has 0 radical (unpaired) electrons. The summed E-state index contributed by atoms with van der Waals surface area (Å²) < 4.78 is 18.1. The van der Waals surface area contributed by atoms with Crippen LogP contribution < -0.4 is 5.32 Å². The second-order valence-electron chi connectivity index (χ2n) is 5.30. The molecule has 0 aliphatic carbocycles. The molecule has 0 saturated carbocycles. The van der Waals surface area contributed by atoms with Crippen LogP contribution in [0.4, 0.5) is 10.1 Å². The largest absolute Gasteiger partial charge is 0.452 e. The van der Waals surface area contributed by atoms with Crippen LogP contribution >= 0.6 is 23.4 Å². The van der Waals surface area contributed by atoms with E-state index in [1.54, 1.807) is 0 Å². The molecular weight excluding hydrogens is 365 g/mol. The van der Waals surface area contributed by atoms with Crippen molar-refractivity contribution in [1.29, 1.82) is 0 Å². The van der Waals surface area contributed by atoms with Crippen molar-refractivity contribution in [3.63, 3.8) is 0 Å². The maximum atomic E-state index is 13.0. The molecule has 2 aromatic carbocycles. The number of anilines is 1. The highest BCUT2D eigenvalue weighted by molar-refractivity contribution is 8.00. The number of hydrogen-bond donors (Lipinski definition) is 1. The predicted molar refractivity (Wildman–Crippen MR) is 97.5 cm³/mol. The van der Waals surface area contributed by atoms with Crippen LogP contribution in [0.5, 0.6) is 0 Å². The van der Waals surface area contributed by atoms with Crippen LogP contribution in [0.3, 0.4) is 0 Å². The molecule has 1 amide bonds. The zero-order valence-electron chi connectivity index (χ0n) is 13.7. The Hall–Kier alpha value is -2.05. The van der Waals surface area contributed by atoms with Crippen molar-refractivity contribution in [3.8, 4) is 0 Å². The maximum Gasteiger partial charge on any atom is 0.317 e. The van der Waals surface area contributed by atoms with Crippen LogP contribution in [0.1, 0.15) is 12.5 Å². The van der Waals surface area contributed by atoms with Gasteiger partial charge in [0.05, 0.1) is 16.5 Å². The highest BCUT2D eigenvalue weighted by Crippen LogP contribution is 2.23. The topological polar surface area (TPSA) is 55.4 Å². The maximum absolute atomic E-state index is 13.0. The van der Waals surface area contributed by atoms with Gasteiger partial charge in [-0.05, 0) is 43.7 Å². The van der Waals surface area contributed by atoms with E-state index in [1.807, 2.05) is 31.2 Å². The Morgan fingerprint density at radius 1 is 1.28 bits per heavy atom. The Kier molecular flexibility index (Phi) is 6.84. The molecule has 132 valence electrons. The minimum Gasteiger partial charge on any atom is -0.452 e. The highest BCUT2D eigenvalue weighted by atomic mass is 35.5. The fraction of sp³-hybridized carbons (Fsp3) is 0.222. The van der Waals surface area contributed by atoms with Crippen molar-refractivity contribution in [2.75, 3.05) is 11.1 Å². The minimum atomic E-state index is -0.994. The van der Waals surface area contributed by atoms with Gasteiger partial charge in [-0.1, -0.05) is 29.8 Å². The lowest BCUT2D eigenvalue weighted by Gasteiger charge is -2.14. The average Bonchev–Trinajstić information content (AvgIpc) is 2.56. The molecule has 0 heterocycles. The summed E-state index contributed by atoms with van der Waals surface area (Å²) in [5, 5.41) is 2.58. The van der Waals surface area contributed by atoms with E-state index in [-0.39, 0.29) is 16.5 Å². The zero-order chi connectivity index (χ0) is 18.4. The summed E-state index contributed by atoms with van der Waals surface area (Å²) in [5.74, 6) is -1.45. The van der Waals surface area contributed by atoms with E-state index in [4.69, 9.17) is 16.3 Å². The molecule has 4 nitrogen and oxygen atoms in total. The monoisotopic (exact) mass is 381 g/mol.